The highest BCUT2D eigenvalue weighted by Crippen LogP contribution is 2.49. The first-order valence-electron chi connectivity index (χ1n) is 9.41. The summed E-state index contributed by atoms with van der Waals surface area (Å²) in [7, 11) is 0. The third-order valence-corrected chi connectivity index (χ3v) is 6.21. The van der Waals surface area contributed by atoms with Crippen LogP contribution in [0.1, 0.15) is 42.0 Å². The van der Waals surface area contributed by atoms with Crippen LogP contribution in [0.15, 0.2) is 53.7 Å². The number of nitrogens with one attached hydrogen (secondary N) is 1. The van der Waals surface area contributed by atoms with E-state index >= 15 is 0 Å². The monoisotopic (exact) mass is 408 g/mol. The first kappa shape index (κ1) is 17.7. The van der Waals surface area contributed by atoms with Crippen LogP contribution < -0.4 is 5.32 Å². The van der Waals surface area contributed by atoms with Crippen LogP contribution in [-0.4, -0.2) is 10.8 Å². The lowest BCUT2D eigenvalue weighted by molar-refractivity contribution is -0.116. The van der Waals surface area contributed by atoms with Crippen LogP contribution in [0.25, 0.3) is 10.9 Å². The van der Waals surface area contributed by atoms with Gasteiger partial charge >= 0.3 is 0 Å². The van der Waals surface area contributed by atoms with Gasteiger partial charge in [-0.25, -0.2) is 0 Å². The Labute approximate surface area is 173 Å². The molecular weight excluding hydrogens is 391 g/mol. The summed E-state index contributed by atoms with van der Waals surface area (Å²) in [6.07, 6.45) is 2.31. The van der Waals surface area contributed by atoms with Crippen LogP contribution in [-0.2, 0) is 4.79 Å². The Balaban J connectivity index is 1.85. The largest absolute Gasteiger partial charge is 0.358 e. The Morgan fingerprint density at radius 2 is 1.93 bits per heavy atom. The molecule has 0 saturated heterocycles. The van der Waals surface area contributed by atoms with E-state index in [2.05, 4.69) is 22.4 Å². The molecule has 1 aromatic heterocycles. The van der Waals surface area contributed by atoms with Gasteiger partial charge in [0.1, 0.15) is 0 Å². The zero-order chi connectivity index (χ0) is 19.4. The fourth-order valence-corrected chi connectivity index (χ4v) is 4.95. The third kappa shape index (κ3) is 2.73. The number of fused-ring (bicyclic) bond motifs is 3. The number of hydrogen-bond acceptors (Lipinski definition) is 3. The highest BCUT2D eigenvalue weighted by molar-refractivity contribution is 6.35. The van der Waals surface area contributed by atoms with E-state index in [4.69, 9.17) is 23.2 Å². The molecule has 0 radical (unpaired) electrons. The second kappa shape index (κ2) is 6.61. The van der Waals surface area contributed by atoms with Crippen LogP contribution >= 0.6 is 23.2 Å². The summed E-state index contributed by atoms with van der Waals surface area (Å²) in [5, 5.41) is 5.73. The number of aryl methyl sites for hydroxylation is 1. The van der Waals surface area contributed by atoms with Crippen molar-refractivity contribution in [1.29, 1.82) is 0 Å². The van der Waals surface area contributed by atoms with Crippen molar-refractivity contribution in [2.45, 2.75) is 32.1 Å². The molecule has 1 atom stereocenters. The number of nitrogens with zero attached hydrogens (tertiary/aromatic N) is 1. The fourth-order valence-electron chi connectivity index (χ4n) is 4.43. The normalized spacial score (nSPS) is 18.7. The van der Waals surface area contributed by atoms with Gasteiger partial charge < -0.3 is 5.32 Å². The highest BCUT2D eigenvalue weighted by atomic mass is 35.5. The van der Waals surface area contributed by atoms with Gasteiger partial charge in [-0.1, -0.05) is 35.3 Å². The number of ketones is 1. The number of rotatable bonds is 1. The van der Waals surface area contributed by atoms with E-state index in [0.29, 0.717) is 16.5 Å². The topological polar surface area (TPSA) is 42.0 Å². The Morgan fingerprint density at radius 3 is 2.75 bits per heavy atom. The lowest BCUT2D eigenvalue weighted by atomic mass is 9.74. The van der Waals surface area contributed by atoms with Crippen molar-refractivity contribution in [3.05, 3.63) is 80.6 Å². The van der Waals surface area contributed by atoms with Crippen molar-refractivity contribution in [2.75, 3.05) is 5.32 Å². The number of benzene rings is 2. The van der Waals surface area contributed by atoms with Crippen LogP contribution in [0.3, 0.4) is 0 Å². The zero-order valence-electron chi connectivity index (χ0n) is 15.4. The predicted octanol–water partition coefficient (Wildman–Crippen LogP) is 6.41. The fraction of sp³-hybridized carbons (Fsp3) is 0.217. The smallest absolute Gasteiger partial charge is 0.161 e. The maximum atomic E-state index is 13.0. The SMILES string of the molecule is Cc1ccc2c3c(ccc2n1)NC1=C(C(=O)CCC1)C3c1ccc(Cl)cc1Cl. The van der Waals surface area contributed by atoms with E-state index in [1.54, 1.807) is 6.07 Å². The van der Waals surface area contributed by atoms with Crippen LogP contribution in [0.2, 0.25) is 10.0 Å². The van der Waals surface area contributed by atoms with Gasteiger partial charge in [-0.3, -0.25) is 9.78 Å². The van der Waals surface area contributed by atoms with Crippen molar-refractivity contribution in [1.82, 2.24) is 4.98 Å². The molecule has 1 aliphatic heterocycles. The summed E-state index contributed by atoms with van der Waals surface area (Å²) in [5.74, 6) is -0.0375. The molecule has 0 bridgehead atoms. The quantitative estimate of drug-likeness (QED) is 0.505. The summed E-state index contributed by atoms with van der Waals surface area (Å²) in [6, 6.07) is 13.7. The minimum Gasteiger partial charge on any atom is -0.358 e. The Hall–Kier alpha value is -2.36. The van der Waals surface area contributed by atoms with Gasteiger partial charge in [0.15, 0.2) is 5.78 Å². The molecule has 0 amide bonds. The van der Waals surface area contributed by atoms with Crippen molar-refractivity contribution >= 4 is 45.6 Å². The van der Waals surface area contributed by atoms with Crippen molar-refractivity contribution < 1.29 is 4.79 Å². The molecule has 2 aliphatic rings. The van der Waals surface area contributed by atoms with Gasteiger partial charge in [-0.05, 0) is 61.2 Å². The molecule has 0 spiro atoms. The van der Waals surface area contributed by atoms with E-state index < -0.39 is 0 Å². The van der Waals surface area contributed by atoms with E-state index in [1.807, 2.05) is 31.2 Å². The molecule has 2 aromatic carbocycles. The molecule has 1 aliphatic carbocycles. The first-order chi connectivity index (χ1) is 13.5. The van der Waals surface area contributed by atoms with Gasteiger partial charge in [-0.2, -0.15) is 0 Å². The van der Waals surface area contributed by atoms with Gasteiger partial charge in [0.05, 0.1) is 5.52 Å². The molecule has 0 saturated carbocycles. The molecule has 28 heavy (non-hydrogen) atoms. The number of hydrogen-bond donors (Lipinski definition) is 1. The van der Waals surface area contributed by atoms with Gasteiger partial charge in [0.25, 0.3) is 0 Å². The number of carbonyl (C=O) groups is 1. The molecule has 1 unspecified atom stereocenters. The Bertz CT molecular complexity index is 1180. The van der Waals surface area contributed by atoms with E-state index in [0.717, 1.165) is 57.5 Å². The Morgan fingerprint density at radius 1 is 1.07 bits per heavy atom. The zero-order valence-corrected chi connectivity index (χ0v) is 16.9. The van der Waals surface area contributed by atoms with E-state index in [1.165, 1.54) is 0 Å². The molecular formula is C23H18Cl2N2O. The number of aromatic nitrogens is 1. The number of allylic oxidation sites excluding steroid dienone is 2. The molecule has 5 rings (SSSR count). The molecule has 2 heterocycles. The van der Waals surface area contributed by atoms with Crippen LogP contribution in [0, 0.1) is 6.92 Å². The average molecular weight is 409 g/mol. The van der Waals surface area contributed by atoms with Gasteiger partial charge in [0.2, 0.25) is 0 Å². The maximum Gasteiger partial charge on any atom is 0.161 e. The van der Waals surface area contributed by atoms with Crippen LogP contribution in [0.5, 0.6) is 0 Å². The standard InChI is InChI=1S/C23H18Cl2N2O/c1-12-5-7-15-17(26-12)9-10-19-21(15)22(14-8-6-13(24)11-16(14)25)23-18(27-19)3-2-4-20(23)28/h5-11,22,27H,2-4H2,1H3. The van der Waals surface area contributed by atoms with Crippen molar-refractivity contribution in [3.8, 4) is 0 Å². The summed E-state index contributed by atoms with van der Waals surface area (Å²) in [4.78, 5) is 17.7. The molecule has 3 nitrogen and oxygen atoms in total. The molecule has 5 heteroatoms. The highest BCUT2D eigenvalue weighted by Gasteiger charge is 2.37. The molecule has 140 valence electrons. The third-order valence-electron chi connectivity index (χ3n) is 5.64. The van der Waals surface area contributed by atoms with E-state index in [-0.39, 0.29) is 11.7 Å². The number of halogens is 2. The number of anilines is 1. The van der Waals surface area contributed by atoms with Crippen molar-refractivity contribution in [2.24, 2.45) is 0 Å². The molecule has 0 fully saturated rings. The maximum absolute atomic E-state index is 13.0. The first-order valence-corrected chi connectivity index (χ1v) is 10.2. The van der Waals surface area contributed by atoms with Gasteiger partial charge in [-0.15, -0.1) is 0 Å². The molecule has 1 N–H and O–H groups in total. The summed E-state index contributed by atoms with van der Waals surface area (Å²) >= 11 is 12.8. The second-order valence-corrected chi connectivity index (χ2v) is 8.28. The minimum absolute atomic E-state index is 0.187. The lowest BCUT2D eigenvalue weighted by Crippen LogP contribution is -2.27. The number of carbonyl (C=O) groups excluding carboxylic acids is 1. The Kier molecular flexibility index (Phi) is 4.18. The number of pyridine rings is 1. The van der Waals surface area contributed by atoms with Gasteiger partial charge in [0, 0.05) is 50.4 Å². The van der Waals surface area contributed by atoms with Crippen LogP contribution in [0.4, 0.5) is 5.69 Å². The molecule has 3 aromatic rings. The summed E-state index contributed by atoms with van der Waals surface area (Å²) in [5.41, 5.74) is 6.71. The lowest BCUT2D eigenvalue weighted by Gasteiger charge is -2.35. The summed E-state index contributed by atoms with van der Waals surface area (Å²) in [6.45, 7) is 1.98. The predicted molar refractivity (Wildman–Crippen MR) is 114 cm³/mol. The van der Waals surface area contributed by atoms with E-state index in [9.17, 15) is 4.79 Å². The average Bonchev–Trinajstić information content (AvgIpc) is 2.66. The number of Topliss-reactive ketones (excluding diaryl/α,β-unsaturated/α-hetero) is 1. The minimum atomic E-state index is -0.225. The van der Waals surface area contributed by atoms with Crippen molar-refractivity contribution in [3.63, 3.8) is 0 Å². The second-order valence-electron chi connectivity index (χ2n) is 7.44. The summed E-state index contributed by atoms with van der Waals surface area (Å²) < 4.78 is 0.